The molecule has 10 nitrogen and oxygen atoms in total. The van der Waals surface area contributed by atoms with Crippen LogP contribution in [-0.2, 0) is 4.79 Å². The SMILES string of the molecule is CN1CCC(C(=O)Nc2ccc3c(-c4ccn5ncc(C(=O)Nc6cccnc6)c5c4)c[nH]c3n2)CC1. The predicted molar refractivity (Wildman–Crippen MR) is 141 cm³/mol. The minimum atomic E-state index is -0.259. The van der Waals surface area contributed by atoms with E-state index in [-0.39, 0.29) is 17.7 Å². The van der Waals surface area contributed by atoms with Crippen LogP contribution in [0.3, 0.4) is 0 Å². The molecule has 5 aromatic heterocycles. The molecule has 186 valence electrons. The molecule has 0 saturated carbocycles. The van der Waals surface area contributed by atoms with E-state index in [4.69, 9.17) is 0 Å². The number of rotatable bonds is 5. The number of piperidine rings is 1. The van der Waals surface area contributed by atoms with E-state index < -0.39 is 0 Å². The smallest absolute Gasteiger partial charge is 0.259 e. The summed E-state index contributed by atoms with van der Waals surface area (Å²) in [6.45, 7) is 1.86. The monoisotopic (exact) mass is 494 g/mol. The van der Waals surface area contributed by atoms with Gasteiger partial charge in [0.1, 0.15) is 11.5 Å². The average Bonchev–Trinajstić information content (AvgIpc) is 3.53. The van der Waals surface area contributed by atoms with Crippen molar-refractivity contribution in [2.24, 2.45) is 5.92 Å². The van der Waals surface area contributed by atoms with Crippen LogP contribution in [0.2, 0.25) is 0 Å². The van der Waals surface area contributed by atoms with Crippen molar-refractivity contribution in [3.63, 3.8) is 0 Å². The fourth-order valence-corrected chi connectivity index (χ4v) is 4.77. The van der Waals surface area contributed by atoms with Gasteiger partial charge in [0, 0.05) is 35.5 Å². The van der Waals surface area contributed by atoms with Gasteiger partial charge in [0.25, 0.3) is 5.91 Å². The molecule has 0 atom stereocenters. The summed E-state index contributed by atoms with van der Waals surface area (Å²) in [5.41, 5.74) is 4.30. The number of nitrogens with zero attached hydrogens (tertiary/aromatic N) is 5. The van der Waals surface area contributed by atoms with Gasteiger partial charge in [-0.25, -0.2) is 9.50 Å². The highest BCUT2D eigenvalue weighted by atomic mass is 16.2. The third-order valence-electron chi connectivity index (χ3n) is 6.88. The van der Waals surface area contributed by atoms with Crippen molar-refractivity contribution in [2.45, 2.75) is 12.8 Å². The Kier molecular flexibility index (Phi) is 5.85. The van der Waals surface area contributed by atoms with Gasteiger partial charge in [-0.1, -0.05) is 0 Å². The zero-order valence-electron chi connectivity index (χ0n) is 20.3. The molecule has 37 heavy (non-hydrogen) atoms. The molecule has 0 spiro atoms. The lowest BCUT2D eigenvalue weighted by Gasteiger charge is -2.27. The Balaban J connectivity index is 1.25. The van der Waals surface area contributed by atoms with Gasteiger partial charge >= 0.3 is 0 Å². The maximum atomic E-state index is 12.9. The average molecular weight is 495 g/mol. The van der Waals surface area contributed by atoms with Crippen molar-refractivity contribution in [1.82, 2.24) is 29.5 Å². The lowest BCUT2D eigenvalue weighted by Crippen LogP contribution is -2.36. The van der Waals surface area contributed by atoms with Crippen LogP contribution in [0.1, 0.15) is 23.2 Å². The Bertz CT molecular complexity index is 1600. The van der Waals surface area contributed by atoms with Crippen LogP contribution in [-0.4, -0.2) is 61.4 Å². The molecule has 6 rings (SSSR count). The van der Waals surface area contributed by atoms with Crippen molar-refractivity contribution >= 4 is 39.9 Å². The lowest BCUT2D eigenvalue weighted by atomic mass is 9.96. The summed E-state index contributed by atoms with van der Waals surface area (Å²) in [7, 11) is 2.08. The van der Waals surface area contributed by atoms with Crippen LogP contribution in [0, 0.1) is 5.92 Å². The van der Waals surface area contributed by atoms with E-state index in [0.717, 1.165) is 42.4 Å². The Morgan fingerprint density at radius 3 is 2.76 bits per heavy atom. The molecule has 0 bridgehead atoms. The fourth-order valence-electron chi connectivity index (χ4n) is 4.77. The predicted octanol–water partition coefficient (Wildman–Crippen LogP) is 3.81. The number of likely N-dealkylation sites (tertiary alicyclic amines) is 1. The van der Waals surface area contributed by atoms with Crippen molar-refractivity contribution in [2.75, 3.05) is 30.8 Å². The molecule has 1 aliphatic heterocycles. The molecule has 6 heterocycles. The largest absolute Gasteiger partial charge is 0.345 e. The number of amides is 2. The normalized spacial score (nSPS) is 14.7. The molecule has 1 saturated heterocycles. The summed E-state index contributed by atoms with van der Waals surface area (Å²) in [5.74, 6) is 0.311. The van der Waals surface area contributed by atoms with Crippen molar-refractivity contribution in [1.29, 1.82) is 0 Å². The molecule has 0 radical (unpaired) electrons. The second kappa shape index (κ2) is 9.47. The van der Waals surface area contributed by atoms with Crippen molar-refractivity contribution in [3.05, 3.63) is 72.9 Å². The highest BCUT2D eigenvalue weighted by Crippen LogP contribution is 2.30. The number of anilines is 2. The van der Waals surface area contributed by atoms with Crippen LogP contribution < -0.4 is 10.6 Å². The maximum absolute atomic E-state index is 12.9. The van der Waals surface area contributed by atoms with E-state index >= 15 is 0 Å². The fraction of sp³-hybridized carbons (Fsp3) is 0.222. The van der Waals surface area contributed by atoms with E-state index in [0.29, 0.717) is 28.2 Å². The van der Waals surface area contributed by atoms with Crippen LogP contribution in [0.5, 0.6) is 0 Å². The van der Waals surface area contributed by atoms with Gasteiger partial charge in [-0.3, -0.25) is 14.6 Å². The number of aromatic nitrogens is 5. The van der Waals surface area contributed by atoms with Gasteiger partial charge in [-0.15, -0.1) is 0 Å². The van der Waals surface area contributed by atoms with Gasteiger partial charge in [0.15, 0.2) is 0 Å². The molecule has 10 heteroatoms. The Morgan fingerprint density at radius 2 is 1.95 bits per heavy atom. The minimum Gasteiger partial charge on any atom is -0.345 e. The first-order chi connectivity index (χ1) is 18.0. The zero-order chi connectivity index (χ0) is 25.4. The van der Waals surface area contributed by atoms with Gasteiger partial charge in [-0.2, -0.15) is 5.10 Å². The second-order valence-electron chi connectivity index (χ2n) is 9.36. The number of hydrogen-bond acceptors (Lipinski definition) is 6. The van der Waals surface area contributed by atoms with Crippen molar-refractivity contribution < 1.29 is 9.59 Å². The van der Waals surface area contributed by atoms with Crippen LogP contribution >= 0.6 is 0 Å². The van der Waals surface area contributed by atoms with Gasteiger partial charge < -0.3 is 20.5 Å². The zero-order valence-corrected chi connectivity index (χ0v) is 20.3. The maximum Gasteiger partial charge on any atom is 0.259 e. The lowest BCUT2D eigenvalue weighted by molar-refractivity contribution is -0.121. The van der Waals surface area contributed by atoms with Gasteiger partial charge in [0.05, 0.1) is 29.2 Å². The Morgan fingerprint density at radius 1 is 1.08 bits per heavy atom. The number of pyridine rings is 3. The number of fused-ring (bicyclic) bond motifs is 2. The highest BCUT2D eigenvalue weighted by molar-refractivity contribution is 6.09. The summed E-state index contributed by atoms with van der Waals surface area (Å²) in [4.78, 5) is 39.8. The number of H-pyrrole nitrogens is 1. The van der Waals surface area contributed by atoms with E-state index in [1.807, 2.05) is 36.7 Å². The molecular formula is C27H26N8O2. The third-order valence-corrected chi connectivity index (χ3v) is 6.88. The third kappa shape index (κ3) is 4.54. The van der Waals surface area contributed by atoms with E-state index in [9.17, 15) is 9.59 Å². The molecule has 0 unspecified atom stereocenters. The van der Waals surface area contributed by atoms with E-state index in [1.165, 1.54) is 0 Å². The standard InChI is InChI=1S/C27H26N8O2/c1-34-10-6-17(7-11-34)26(36)33-24-5-4-20-21(15-29-25(20)32-24)18-8-12-35-23(13-18)22(16-30-35)27(37)31-19-3-2-9-28-14-19/h2-5,8-9,12-17H,6-7,10-11H2,1H3,(H,31,37)(H2,29,32,33,36). The summed E-state index contributed by atoms with van der Waals surface area (Å²) >= 11 is 0. The first-order valence-electron chi connectivity index (χ1n) is 12.2. The number of hydrogen-bond donors (Lipinski definition) is 3. The summed E-state index contributed by atoms with van der Waals surface area (Å²) in [6.07, 6.45) is 10.2. The van der Waals surface area contributed by atoms with Crippen LogP contribution in [0.4, 0.5) is 11.5 Å². The number of nitrogens with one attached hydrogen (secondary N) is 3. The number of carbonyl (C=O) groups is 2. The van der Waals surface area contributed by atoms with Gasteiger partial charge in [0.2, 0.25) is 5.91 Å². The highest BCUT2D eigenvalue weighted by Gasteiger charge is 2.24. The summed E-state index contributed by atoms with van der Waals surface area (Å²) < 4.78 is 1.67. The van der Waals surface area contributed by atoms with E-state index in [1.54, 1.807) is 35.2 Å². The molecule has 0 aliphatic carbocycles. The molecule has 0 aromatic carbocycles. The summed E-state index contributed by atoms with van der Waals surface area (Å²) in [6, 6.07) is 11.2. The molecule has 2 amide bonds. The number of aromatic amines is 1. The topological polar surface area (TPSA) is 120 Å². The van der Waals surface area contributed by atoms with Crippen LogP contribution in [0.25, 0.3) is 27.7 Å². The summed E-state index contributed by atoms with van der Waals surface area (Å²) in [5, 5.41) is 11.1. The quantitative estimate of drug-likeness (QED) is 0.342. The Labute approximate surface area is 212 Å². The molecule has 1 aliphatic rings. The Hall–Kier alpha value is -4.57. The first kappa shape index (κ1) is 22.9. The van der Waals surface area contributed by atoms with Gasteiger partial charge in [-0.05, 0) is 74.9 Å². The molecule has 3 N–H and O–H groups in total. The molecule has 1 fully saturated rings. The number of carbonyl (C=O) groups excluding carboxylic acids is 2. The molecular weight excluding hydrogens is 468 g/mol. The van der Waals surface area contributed by atoms with Crippen LogP contribution in [0.15, 0.2) is 67.4 Å². The van der Waals surface area contributed by atoms with E-state index in [2.05, 4.69) is 42.6 Å². The van der Waals surface area contributed by atoms with Crippen molar-refractivity contribution in [3.8, 4) is 11.1 Å². The minimum absolute atomic E-state index is 0.0137. The molecule has 5 aromatic rings. The first-order valence-corrected chi connectivity index (χ1v) is 12.2. The second-order valence-corrected chi connectivity index (χ2v) is 9.36.